The molecule has 0 radical (unpaired) electrons. The quantitative estimate of drug-likeness (QED) is 0.0550. The number of benzene rings is 4. The number of esters is 1. The molecule has 0 aliphatic rings. The van der Waals surface area contributed by atoms with E-state index >= 15 is 0 Å². The Morgan fingerprint density at radius 1 is 0.688 bits per heavy atom. The summed E-state index contributed by atoms with van der Waals surface area (Å²) in [4.78, 5) is 12.8. The summed E-state index contributed by atoms with van der Waals surface area (Å²) >= 11 is 0. The SMILES string of the molecule is CCCCCCCCCCCC(=O)Oc1cc(OC)ccc1C(O)C=Cc1ccc(OCc2ccccc2)cc1OCc1ccccc1. The van der Waals surface area contributed by atoms with E-state index in [1.165, 1.54) is 38.5 Å². The van der Waals surface area contributed by atoms with E-state index in [9.17, 15) is 9.90 Å². The van der Waals surface area contributed by atoms with E-state index < -0.39 is 6.10 Å². The molecule has 4 rings (SSSR count). The van der Waals surface area contributed by atoms with E-state index in [-0.39, 0.29) is 11.7 Å². The van der Waals surface area contributed by atoms with Crippen LogP contribution >= 0.6 is 0 Å². The van der Waals surface area contributed by atoms with Gasteiger partial charge in [0.15, 0.2) is 0 Å². The van der Waals surface area contributed by atoms with Gasteiger partial charge in [0.25, 0.3) is 0 Å². The molecule has 6 heteroatoms. The predicted molar refractivity (Wildman–Crippen MR) is 192 cm³/mol. The summed E-state index contributed by atoms with van der Waals surface area (Å²) in [6.07, 6.45) is 13.3. The third-order valence-corrected chi connectivity index (χ3v) is 8.18. The highest BCUT2D eigenvalue weighted by Gasteiger charge is 2.16. The number of aliphatic hydroxyl groups excluding tert-OH is 1. The molecule has 1 atom stereocenters. The van der Waals surface area contributed by atoms with E-state index in [1.807, 2.05) is 84.9 Å². The second-order valence-electron chi connectivity index (χ2n) is 12.0. The standard InChI is InChI=1S/C42H50O6/c1-3-4-5-6-7-8-9-10-17-22-42(44)48-41-29-36(45-2)26-27-38(41)39(43)28-24-35-23-25-37(46-31-33-18-13-11-14-19-33)30-40(35)47-32-34-20-15-12-16-21-34/h11-16,18-21,23-30,39,43H,3-10,17,22,31-32H2,1-2H3. The Hall–Kier alpha value is -4.55. The number of carbonyl (C=O) groups excluding carboxylic acids is 1. The van der Waals surface area contributed by atoms with Crippen LogP contribution in [0.3, 0.4) is 0 Å². The maximum atomic E-state index is 12.8. The summed E-state index contributed by atoms with van der Waals surface area (Å²) in [5.74, 6) is 1.82. The van der Waals surface area contributed by atoms with Crippen LogP contribution < -0.4 is 18.9 Å². The smallest absolute Gasteiger partial charge is 0.311 e. The van der Waals surface area contributed by atoms with Gasteiger partial charge in [0.1, 0.15) is 42.3 Å². The zero-order chi connectivity index (χ0) is 33.8. The van der Waals surface area contributed by atoms with Crippen molar-refractivity contribution < 1.29 is 28.8 Å². The van der Waals surface area contributed by atoms with Crippen LogP contribution in [-0.2, 0) is 18.0 Å². The van der Waals surface area contributed by atoms with Gasteiger partial charge in [-0.25, -0.2) is 0 Å². The number of carbonyl (C=O) groups is 1. The first-order valence-corrected chi connectivity index (χ1v) is 17.3. The van der Waals surface area contributed by atoms with E-state index in [1.54, 1.807) is 31.4 Å². The average Bonchev–Trinajstić information content (AvgIpc) is 3.12. The van der Waals surface area contributed by atoms with Crippen LogP contribution in [0, 0.1) is 0 Å². The highest BCUT2D eigenvalue weighted by atomic mass is 16.5. The van der Waals surface area contributed by atoms with Crippen molar-refractivity contribution in [2.75, 3.05) is 7.11 Å². The van der Waals surface area contributed by atoms with Crippen molar-refractivity contribution in [3.8, 4) is 23.0 Å². The lowest BCUT2D eigenvalue weighted by atomic mass is 10.1. The summed E-state index contributed by atoms with van der Waals surface area (Å²) in [5.41, 5.74) is 3.35. The fourth-order valence-electron chi connectivity index (χ4n) is 5.37. The van der Waals surface area contributed by atoms with Crippen molar-refractivity contribution >= 4 is 12.0 Å². The van der Waals surface area contributed by atoms with Gasteiger partial charge in [-0.1, -0.05) is 131 Å². The first-order chi connectivity index (χ1) is 23.6. The number of unbranched alkanes of at least 4 members (excludes halogenated alkanes) is 8. The van der Waals surface area contributed by atoms with Gasteiger partial charge in [0, 0.05) is 29.7 Å². The van der Waals surface area contributed by atoms with E-state index in [0.29, 0.717) is 42.4 Å². The third-order valence-electron chi connectivity index (χ3n) is 8.18. The number of ether oxygens (including phenoxy) is 4. The number of hydrogen-bond donors (Lipinski definition) is 1. The van der Waals surface area contributed by atoms with Gasteiger partial charge in [-0.15, -0.1) is 0 Å². The van der Waals surface area contributed by atoms with Gasteiger partial charge < -0.3 is 24.1 Å². The molecule has 0 spiro atoms. The Bertz CT molecular complexity index is 1530. The van der Waals surface area contributed by atoms with E-state index in [2.05, 4.69) is 6.92 Å². The fourth-order valence-corrected chi connectivity index (χ4v) is 5.37. The predicted octanol–water partition coefficient (Wildman–Crippen LogP) is 10.4. The monoisotopic (exact) mass is 650 g/mol. The molecule has 0 bridgehead atoms. The zero-order valence-electron chi connectivity index (χ0n) is 28.4. The van der Waals surface area contributed by atoms with Gasteiger partial charge in [0.05, 0.1) is 7.11 Å². The van der Waals surface area contributed by atoms with Crippen LogP contribution in [-0.4, -0.2) is 18.2 Å². The van der Waals surface area contributed by atoms with Gasteiger partial charge in [-0.2, -0.15) is 0 Å². The molecule has 0 aromatic heterocycles. The molecule has 0 saturated heterocycles. The minimum absolute atomic E-state index is 0.289. The van der Waals surface area contributed by atoms with Crippen molar-refractivity contribution in [2.24, 2.45) is 0 Å². The molecular weight excluding hydrogens is 600 g/mol. The lowest BCUT2D eigenvalue weighted by Crippen LogP contribution is -2.10. The Morgan fingerprint density at radius 2 is 1.27 bits per heavy atom. The molecule has 0 heterocycles. The van der Waals surface area contributed by atoms with Crippen LogP contribution in [0.1, 0.15) is 99.5 Å². The summed E-state index contributed by atoms with van der Waals surface area (Å²) in [6, 6.07) is 30.7. The van der Waals surface area contributed by atoms with Crippen LogP contribution in [0.25, 0.3) is 6.08 Å². The molecule has 0 aliphatic heterocycles. The second kappa shape index (κ2) is 20.6. The number of hydrogen-bond acceptors (Lipinski definition) is 6. The van der Waals surface area contributed by atoms with Crippen LogP contribution in [0.4, 0.5) is 0 Å². The van der Waals surface area contributed by atoms with Crippen molar-refractivity contribution in [2.45, 2.75) is 90.4 Å². The van der Waals surface area contributed by atoms with Crippen molar-refractivity contribution in [3.63, 3.8) is 0 Å². The Kier molecular flexibility index (Phi) is 15.6. The molecule has 0 amide bonds. The molecule has 254 valence electrons. The molecule has 1 N–H and O–H groups in total. The maximum Gasteiger partial charge on any atom is 0.311 e. The molecule has 48 heavy (non-hydrogen) atoms. The molecule has 6 nitrogen and oxygen atoms in total. The third kappa shape index (κ3) is 12.6. The van der Waals surface area contributed by atoms with E-state index in [0.717, 1.165) is 36.0 Å². The van der Waals surface area contributed by atoms with Gasteiger partial charge in [-0.05, 0) is 41.8 Å². The summed E-state index contributed by atoms with van der Waals surface area (Å²) < 4.78 is 23.5. The average molecular weight is 651 g/mol. The fraction of sp³-hybridized carbons (Fsp3) is 0.357. The first-order valence-electron chi connectivity index (χ1n) is 17.3. The molecule has 0 fully saturated rings. The minimum atomic E-state index is -1.04. The van der Waals surface area contributed by atoms with Gasteiger partial charge in [-0.3, -0.25) is 4.79 Å². The number of aliphatic hydroxyl groups is 1. The minimum Gasteiger partial charge on any atom is -0.497 e. The molecule has 0 saturated carbocycles. The summed E-state index contributed by atoms with van der Waals surface area (Å²) in [6.45, 7) is 3.04. The first kappa shape index (κ1) is 36.3. The van der Waals surface area contributed by atoms with Gasteiger partial charge in [0.2, 0.25) is 0 Å². The molecule has 4 aromatic carbocycles. The normalized spacial score (nSPS) is 11.7. The Balaban J connectivity index is 1.41. The zero-order valence-corrected chi connectivity index (χ0v) is 28.4. The van der Waals surface area contributed by atoms with Crippen molar-refractivity contribution in [1.82, 2.24) is 0 Å². The van der Waals surface area contributed by atoms with Crippen molar-refractivity contribution in [1.29, 1.82) is 0 Å². The highest BCUT2D eigenvalue weighted by molar-refractivity contribution is 5.73. The number of methoxy groups -OCH3 is 1. The molecule has 0 aliphatic carbocycles. The lowest BCUT2D eigenvalue weighted by Gasteiger charge is -2.15. The van der Waals surface area contributed by atoms with Crippen LogP contribution in [0.2, 0.25) is 0 Å². The largest absolute Gasteiger partial charge is 0.497 e. The second-order valence-corrected chi connectivity index (χ2v) is 12.0. The van der Waals surface area contributed by atoms with Gasteiger partial charge >= 0.3 is 5.97 Å². The highest BCUT2D eigenvalue weighted by Crippen LogP contribution is 2.33. The summed E-state index contributed by atoms with van der Waals surface area (Å²) in [5, 5.41) is 11.3. The maximum absolute atomic E-state index is 12.8. The van der Waals surface area contributed by atoms with Crippen LogP contribution in [0.5, 0.6) is 23.0 Å². The molecular formula is C42H50O6. The Morgan fingerprint density at radius 3 is 1.92 bits per heavy atom. The Labute approximate surface area is 286 Å². The topological polar surface area (TPSA) is 74.2 Å². The summed E-state index contributed by atoms with van der Waals surface area (Å²) in [7, 11) is 1.56. The van der Waals surface area contributed by atoms with Crippen LogP contribution in [0.15, 0.2) is 103 Å². The number of rotatable bonds is 21. The van der Waals surface area contributed by atoms with E-state index in [4.69, 9.17) is 18.9 Å². The lowest BCUT2D eigenvalue weighted by molar-refractivity contribution is -0.134. The molecule has 4 aromatic rings. The molecule has 1 unspecified atom stereocenters. The van der Waals surface area contributed by atoms with Crippen molar-refractivity contribution in [3.05, 3.63) is 125 Å².